The van der Waals surface area contributed by atoms with Crippen molar-refractivity contribution in [3.05, 3.63) is 69.5 Å². The van der Waals surface area contributed by atoms with Crippen molar-refractivity contribution in [1.29, 1.82) is 0 Å². The lowest BCUT2D eigenvalue weighted by molar-refractivity contribution is -0.113. The van der Waals surface area contributed by atoms with Gasteiger partial charge in [0, 0.05) is 17.3 Å². The second-order valence-corrected chi connectivity index (χ2v) is 10.1. The first-order valence-electron chi connectivity index (χ1n) is 11.4. The molecule has 2 N–H and O–H groups in total. The Labute approximate surface area is 220 Å². The molecule has 7 nitrogen and oxygen atoms in total. The summed E-state index contributed by atoms with van der Waals surface area (Å²) >= 11 is 13.5. The number of aromatic nitrogens is 3. The maximum atomic E-state index is 12.9. The van der Waals surface area contributed by atoms with E-state index >= 15 is 0 Å². The molecule has 2 amide bonds. The van der Waals surface area contributed by atoms with Gasteiger partial charge in [-0.05, 0) is 55.2 Å². The van der Waals surface area contributed by atoms with Crippen LogP contribution in [0.3, 0.4) is 0 Å². The van der Waals surface area contributed by atoms with E-state index in [9.17, 15) is 9.59 Å². The molecule has 1 heterocycles. The van der Waals surface area contributed by atoms with E-state index < -0.39 is 6.04 Å². The SMILES string of the molecule is CCc1ccc(NC(=O)CSc2nnc([C@@H](NC(=O)c3ccc(Cl)cc3Cl)C(C)C)n2CC)cc1. The summed E-state index contributed by atoms with van der Waals surface area (Å²) in [7, 11) is 0. The molecule has 0 aliphatic heterocycles. The van der Waals surface area contributed by atoms with Gasteiger partial charge in [-0.25, -0.2) is 0 Å². The fourth-order valence-corrected chi connectivity index (χ4v) is 4.81. The molecule has 3 rings (SSSR count). The molecule has 1 atom stereocenters. The van der Waals surface area contributed by atoms with Crippen LogP contribution < -0.4 is 10.6 Å². The van der Waals surface area contributed by atoms with Crippen molar-refractivity contribution in [2.45, 2.75) is 51.9 Å². The molecule has 0 fully saturated rings. The molecule has 0 aliphatic carbocycles. The van der Waals surface area contributed by atoms with Crippen molar-refractivity contribution in [1.82, 2.24) is 20.1 Å². The Kier molecular flexibility index (Phi) is 9.60. The first kappa shape index (κ1) is 27.0. The van der Waals surface area contributed by atoms with Gasteiger partial charge in [0.05, 0.1) is 22.4 Å². The predicted molar refractivity (Wildman–Crippen MR) is 142 cm³/mol. The summed E-state index contributed by atoms with van der Waals surface area (Å²) in [6.45, 7) is 8.64. The minimum Gasteiger partial charge on any atom is -0.342 e. The van der Waals surface area contributed by atoms with E-state index in [-0.39, 0.29) is 28.5 Å². The fourth-order valence-electron chi connectivity index (χ4n) is 3.51. The van der Waals surface area contributed by atoms with Crippen LogP contribution in [0.25, 0.3) is 0 Å². The Morgan fingerprint density at radius 2 is 1.77 bits per heavy atom. The number of carbonyl (C=O) groups excluding carboxylic acids is 2. The molecule has 2 aromatic carbocycles. The molecule has 0 spiro atoms. The van der Waals surface area contributed by atoms with Gasteiger partial charge in [-0.3, -0.25) is 9.59 Å². The van der Waals surface area contributed by atoms with Crippen LogP contribution in [0.4, 0.5) is 5.69 Å². The number of halogens is 2. The number of amides is 2. The summed E-state index contributed by atoms with van der Waals surface area (Å²) in [5, 5.41) is 16.0. The highest BCUT2D eigenvalue weighted by Gasteiger charge is 2.27. The Morgan fingerprint density at radius 1 is 1.06 bits per heavy atom. The van der Waals surface area contributed by atoms with E-state index in [1.807, 2.05) is 49.6 Å². The highest BCUT2D eigenvalue weighted by atomic mass is 35.5. The van der Waals surface area contributed by atoms with Gasteiger partial charge in [-0.15, -0.1) is 10.2 Å². The van der Waals surface area contributed by atoms with Crippen LogP contribution in [-0.4, -0.2) is 32.3 Å². The van der Waals surface area contributed by atoms with Crippen LogP contribution in [-0.2, 0) is 17.8 Å². The summed E-state index contributed by atoms with van der Waals surface area (Å²) < 4.78 is 1.92. The van der Waals surface area contributed by atoms with Crippen molar-refractivity contribution >= 4 is 52.5 Å². The van der Waals surface area contributed by atoms with E-state index in [1.165, 1.54) is 23.4 Å². The summed E-state index contributed by atoms with van der Waals surface area (Å²) in [5.74, 6) is 0.397. The molecule has 0 radical (unpaired) electrons. The molecule has 1 aromatic heterocycles. The molecule has 0 saturated heterocycles. The molecular formula is C25H29Cl2N5O2S. The van der Waals surface area contributed by atoms with Gasteiger partial charge < -0.3 is 15.2 Å². The van der Waals surface area contributed by atoms with Crippen LogP contribution in [0.5, 0.6) is 0 Å². The Morgan fingerprint density at radius 3 is 2.37 bits per heavy atom. The number of carbonyl (C=O) groups is 2. The Balaban J connectivity index is 1.70. The normalized spacial score (nSPS) is 12.0. The summed E-state index contributed by atoms with van der Waals surface area (Å²) in [5.41, 5.74) is 2.31. The van der Waals surface area contributed by atoms with E-state index in [1.54, 1.807) is 12.1 Å². The van der Waals surface area contributed by atoms with Crippen molar-refractivity contribution in [2.75, 3.05) is 11.1 Å². The first-order chi connectivity index (χ1) is 16.7. The second-order valence-electron chi connectivity index (χ2n) is 8.29. The van der Waals surface area contributed by atoms with Crippen LogP contribution in [0.15, 0.2) is 47.6 Å². The lowest BCUT2D eigenvalue weighted by Gasteiger charge is -2.22. The standard InChI is InChI=1S/C25H29Cl2N5O2S/c1-5-16-7-10-18(11-8-16)28-21(33)14-35-25-31-30-23(32(25)6-2)22(15(3)4)29-24(34)19-12-9-17(26)13-20(19)27/h7-13,15,22H,5-6,14H2,1-4H3,(H,28,33)(H,29,34)/t22-/m0/s1. The van der Waals surface area contributed by atoms with Crippen molar-refractivity contribution < 1.29 is 9.59 Å². The summed E-state index contributed by atoms with van der Waals surface area (Å²) in [6, 6.07) is 12.2. The van der Waals surface area contributed by atoms with Crippen molar-refractivity contribution in [3.8, 4) is 0 Å². The van der Waals surface area contributed by atoms with Gasteiger partial charge >= 0.3 is 0 Å². The number of benzene rings is 2. The Bertz CT molecular complexity index is 1180. The van der Waals surface area contributed by atoms with Gasteiger partial charge in [0.2, 0.25) is 5.91 Å². The largest absolute Gasteiger partial charge is 0.342 e. The molecule has 3 aromatic rings. The number of anilines is 1. The molecule has 186 valence electrons. The van der Waals surface area contributed by atoms with E-state index in [2.05, 4.69) is 27.8 Å². The average Bonchev–Trinajstić information content (AvgIpc) is 3.23. The van der Waals surface area contributed by atoms with E-state index in [0.717, 1.165) is 12.1 Å². The lowest BCUT2D eigenvalue weighted by Crippen LogP contribution is -2.34. The van der Waals surface area contributed by atoms with E-state index in [0.29, 0.717) is 28.1 Å². The third-order valence-electron chi connectivity index (χ3n) is 5.45. The van der Waals surface area contributed by atoms with E-state index in [4.69, 9.17) is 23.2 Å². The zero-order valence-electron chi connectivity index (χ0n) is 20.1. The first-order valence-corrected chi connectivity index (χ1v) is 13.2. The van der Waals surface area contributed by atoms with Gasteiger partial charge in [0.15, 0.2) is 11.0 Å². The number of nitrogens with zero attached hydrogens (tertiary/aromatic N) is 3. The quantitative estimate of drug-likeness (QED) is 0.311. The van der Waals surface area contributed by atoms with Crippen molar-refractivity contribution in [2.24, 2.45) is 5.92 Å². The maximum Gasteiger partial charge on any atom is 0.253 e. The number of rotatable bonds is 10. The van der Waals surface area contributed by atoms with Crippen LogP contribution in [0.1, 0.15) is 55.5 Å². The number of nitrogens with one attached hydrogen (secondary N) is 2. The number of thioether (sulfide) groups is 1. The fraction of sp³-hybridized carbons (Fsp3) is 0.360. The topological polar surface area (TPSA) is 88.9 Å². The molecule has 0 bridgehead atoms. The van der Waals surface area contributed by atoms with Gasteiger partial charge in [-0.2, -0.15) is 0 Å². The zero-order valence-corrected chi connectivity index (χ0v) is 22.5. The minimum absolute atomic E-state index is 0.0340. The van der Waals surface area contributed by atoms with Crippen LogP contribution in [0, 0.1) is 5.92 Å². The van der Waals surface area contributed by atoms with Gasteiger partial charge in [0.25, 0.3) is 5.91 Å². The zero-order chi connectivity index (χ0) is 25.5. The monoisotopic (exact) mass is 533 g/mol. The number of aryl methyl sites for hydroxylation is 1. The number of hydrogen-bond donors (Lipinski definition) is 2. The van der Waals surface area contributed by atoms with Gasteiger partial charge in [-0.1, -0.05) is 67.9 Å². The highest BCUT2D eigenvalue weighted by molar-refractivity contribution is 7.99. The lowest BCUT2D eigenvalue weighted by atomic mass is 10.0. The maximum absolute atomic E-state index is 12.9. The van der Waals surface area contributed by atoms with Gasteiger partial charge in [0.1, 0.15) is 0 Å². The van der Waals surface area contributed by atoms with Crippen LogP contribution in [0.2, 0.25) is 10.0 Å². The Hall–Kier alpha value is -2.55. The second kappa shape index (κ2) is 12.4. The molecule has 0 unspecified atom stereocenters. The van der Waals surface area contributed by atoms with Crippen molar-refractivity contribution in [3.63, 3.8) is 0 Å². The third kappa shape index (κ3) is 6.99. The molecule has 0 saturated carbocycles. The number of hydrogen-bond acceptors (Lipinski definition) is 5. The summed E-state index contributed by atoms with van der Waals surface area (Å²) in [6.07, 6.45) is 0.948. The van der Waals surface area contributed by atoms with Crippen LogP contribution >= 0.6 is 35.0 Å². The smallest absolute Gasteiger partial charge is 0.253 e. The summed E-state index contributed by atoms with van der Waals surface area (Å²) in [4.78, 5) is 25.4. The predicted octanol–water partition coefficient (Wildman–Crippen LogP) is 6.03. The highest BCUT2D eigenvalue weighted by Crippen LogP contribution is 2.27. The third-order valence-corrected chi connectivity index (χ3v) is 6.96. The average molecular weight is 535 g/mol. The molecule has 35 heavy (non-hydrogen) atoms. The molecular weight excluding hydrogens is 505 g/mol. The molecule has 0 aliphatic rings. The minimum atomic E-state index is -0.401. The molecule has 10 heteroatoms.